The second-order valence-corrected chi connectivity index (χ2v) is 3.57. The van der Waals surface area contributed by atoms with E-state index in [-0.39, 0.29) is 11.7 Å². The molecule has 0 saturated carbocycles. The topological polar surface area (TPSA) is 26.3 Å². The number of rotatable bonds is 7. The number of hydrogen-bond donors (Lipinski definition) is 1. The van der Waals surface area contributed by atoms with E-state index in [1.165, 1.54) is 35.4 Å². The minimum absolute atomic E-state index is 0.185. The molecule has 2 nitrogen and oxygen atoms in total. The molecule has 1 atom stereocenters. The summed E-state index contributed by atoms with van der Waals surface area (Å²) in [7, 11) is 0. The molecule has 0 saturated heterocycles. The Morgan fingerprint density at radius 2 is 2.00 bits per heavy atom. The van der Waals surface area contributed by atoms with Crippen LogP contribution in [0, 0.1) is 5.92 Å². The first-order valence-electron chi connectivity index (χ1n) is 5.58. The van der Waals surface area contributed by atoms with Gasteiger partial charge in [0.2, 0.25) is 0 Å². The molecule has 0 aromatic rings. The predicted octanol–water partition coefficient (Wildman–Crippen LogP) is 2.61. The van der Waals surface area contributed by atoms with Crippen LogP contribution in [0.25, 0.3) is 0 Å². The molecule has 0 aliphatic rings. The Morgan fingerprint density at radius 3 is 2.40 bits per heavy atom. The van der Waals surface area contributed by atoms with Crippen LogP contribution < -0.4 is 0 Å². The van der Waals surface area contributed by atoms with Gasteiger partial charge in [-0.25, -0.2) is 0 Å². The Hall–Kier alpha value is 0.619. The Kier molecular flexibility index (Phi) is 17.5. The first-order chi connectivity index (χ1) is 7.24. The summed E-state index contributed by atoms with van der Waals surface area (Å²) >= 11 is 5.19. The molecule has 15 heavy (non-hydrogen) atoms. The van der Waals surface area contributed by atoms with Crippen molar-refractivity contribution in [1.82, 2.24) is 0 Å². The molecule has 4 heteroatoms. The normalized spacial score (nSPS) is 11.3. The molecular weight excluding hydrogens is 315 g/mol. The first kappa shape index (κ1) is 18.0. The number of carbonyl (C=O) groups excluding carboxylic acids is 1. The Labute approximate surface area is 113 Å². The molecular formula is C11H24O2SSn. The Morgan fingerprint density at radius 1 is 1.40 bits per heavy atom. The van der Waals surface area contributed by atoms with E-state index in [1.54, 1.807) is 0 Å². The summed E-state index contributed by atoms with van der Waals surface area (Å²) in [5.41, 5.74) is 0. The SMILES string of the molecule is CCCCC(CC)COC(=O)CS.[CH3][SnH]. The van der Waals surface area contributed by atoms with E-state index in [1.807, 2.05) is 0 Å². The van der Waals surface area contributed by atoms with Gasteiger partial charge in [-0.2, -0.15) is 12.6 Å². The van der Waals surface area contributed by atoms with Crippen LogP contribution in [0.1, 0.15) is 39.5 Å². The molecule has 1 unspecified atom stereocenters. The molecule has 0 fully saturated rings. The van der Waals surface area contributed by atoms with E-state index in [0.717, 1.165) is 12.8 Å². The van der Waals surface area contributed by atoms with Gasteiger partial charge in [-0.3, -0.25) is 4.79 Å². The zero-order chi connectivity index (χ0) is 12.1. The number of thiol groups is 1. The van der Waals surface area contributed by atoms with Gasteiger partial charge < -0.3 is 4.74 Å². The van der Waals surface area contributed by atoms with Crippen molar-refractivity contribution in [1.29, 1.82) is 0 Å². The van der Waals surface area contributed by atoms with Gasteiger partial charge in [0.15, 0.2) is 0 Å². The van der Waals surface area contributed by atoms with Gasteiger partial charge in [-0.15, -0.1) is 0 Å². The van der Waals surface area contributed by atoms with Crippen molar-refractivity contribution in [3.05, 3.63) is 0 Å². The van der Waals surface area contributed by atoms with Crippen molar-refractivity contribution in [3.63, 3.8) is 0 Å². The van der Waals surface area contributed by atoms with Crippen molar-refractivity contribution in [2.45, 2.75) is 44.5 Å². The standard InChI is InChI=1S/C10H20O2S.CH3.Sn.H/c1-3-5-6-9(4-2)7-12-10(11)8-13;;;/h9,13H,3-8H2,1-2H3;1H3;;. The zero-order valence-corrected chi connectivity index (χ0v) is 14.4. The molecule has 0 rings (SSSR count). The Bertz CT molecular complexity index is 143. The molecule has 0 aliphatic heterocycles. The van der Waals surface area contributed by atoms with E-state index < -0.39 is 0 Å². The van der Waals surface area contributed by atoms with Crippen LogP contribution in [-0.4, -0.2) is 40.9 Å². The predicted molar refractivity (Wildman–Crippen MR) is 71.1 cm³/mol. The van der Waals surface area contributed by atoms with Crippen LogP contribution in [0.15, 0.2) is 0 Å². The monoisotopic (exact) mass is 340 g/mol. The van der Waals surface area contributed by atoms with Crippen molar-refractivity contribution in [3.8, 4) is 0 Å². The zero-order valence-electron chi connectivity index (χ0n) is 10.2. The number of ether oxygens (including phenoxy) is 1. The summed E-state index contributed by atoms with van der Waals surface area (Å²) in [6.45, 7) is 4.87. The quantitative estimate of drug-likeness (QED) is 0.439. The van der Waals surface area contributed by atoms with E-state index >= 15 is 0 Å². The molecule has 2 radical (unpaired) electrons. The molecule has 0 aromatic carbocycles. The molecule has 90 valence electrons. The average Bonchev–Trinajstić information content (AvgIpc) is 2.31. The fourth-order valence-electron chi connectivity index (χ4n) is 1.15. The second-order valence-electron chi connectivity index (χ2n) is 3.26. The van der Waals surface area contributed by atoms with Crippen molar-refractivity contribution in [2.75, 3.05) is 12.4 Å². The van der Waals surface area contributed by atoms with E-state index in [4.69, 9.17) is 4.74 Å². The van der Waals surface area contributed by atoms with Crippen molar-refractivity contribution >= 4 is 41.1 Å². The molecule has 0 aromatic heterocycles. The summed E-state index contributed by atoms with van der Waals surface area (Å²) in [6.07, 6.45) is 4.67. The minimum atomic E-state index is -0.210. The molecule has 0 bridgehead atoms. The number of esters is 1. The van der Waals surface area contributed by atoms with Gasteiger partial charge in [-0.05, 0) is 12.3 Å². The Balaban J connectivity index is 0. The third-order valence-electron chi connectivity index (χ3n) is 2.15. The summed E-state index contributed by atoms with van der Waals surface area (Å²) in [5, 5.41) is 0. The van der Waals surface area contributed by atoms with Crippen LogP contribution in [0.4, 0.5) is 0 Å². The van der Waals surface area contributed by atoms with Gasteiger partial charge in [0.1, 0.15) is 0 Å². The van der Waals surface area contributed by atoms with Crippen LogP contribution in [-0.2, 0) is 9.53 Å². The van der Waals surface area contributed by atoms with E-state index in [0.29, 0.717) is 12.5 Å². The van der Waals surface area contributed by atoms with Gasteiger partial charge >= 0.3 is 33.4 Å². The van der Waals surface area contributed by atoms with Gasteiger partial charge in [-0.1, -0.05) is 33.1 Å². The fourth-order valence-corrected chi connectivity index (χ4v) is 1.25. The first-order valence-corrected chi connectivity index (χ1v) is 9.51. The van der Waals surface area contributed by atoms with E-state index in [9.17, 15) is 4.79 Å². The van der Waals surface area contributed by atoms with Crippen molar-refractivity contribution < 1.29 is 9.53 Å². The molecule has 0 aliphatic carbocycles. The van der Waals surface area contributed by atoms with E-state index in [2.05, 4.69) is 31.4 Å². The molecule has 0 N–H and O–H groups in total. The van der Waals surface area contributed by atoms with Crippen LogP contribution in [0.2, 0.25) is 4.94 Å². The number of carbonyl (C=O) groups is 1. The average molecular weight is 339 g/mol. The molecule has 0 heterocycles. The van der Waals surface area contributed by atoms with Gasteiger partial charge in [0, 0.05) is 0 Å². The van der Waals surface area contributed by atoms with Crippen molar-refractivity contribution in [2.24, 2.45) is 5.92 Å². The molecule has 0 spiro atoms. The second kappa shape index (κ2) is 14.6. The summed E-state index contributed by atoms with van der Waals surface area (Å²) in [5.74, 6) is 0.506. The maximum atomic E-state index is 10.8. The summed E-state index contributed by atoms with van der Waals surface area (Å²) in [4.78, 5) is 12.9. The van der Waals surface area contributed by atoms with Crippen LogP contribution in [0.5, 0.6) is 0 Å². The summed E-state index contributed by atoms with van der Waals surface area (Å²) in [6, 6.07) is 0. The van der Waals surface area contributed by atoms with Crippen LogP contribution >= 0.6 is 12.6 Å². The van der Waals surface area contributed by atoms with Crippen LogP contribution in [0.3, 0.4) is 0 Å². The van der Waals surface area contributed by atoms with Gasteiger partial charge in [0.25, 0.3) is 0 Å². The number of unbranched alkanes of at least 4 members (excludes halogenated alkanes) is 1. The summed E-state index contributed by atoms with van der Waals surface area (Å²) < 4.78 is 5.03. The maximum absolute atomic E-state index is 10.8. The third kappa shape index (κ3) is 12.6. The third-order valence-corrected chi connectivity index (χ3v) is 2.41. The molecule has 0 amide bonds. The van der Waals surface area contributed by atoms with Gasteiger partial charge in [0.05, 0.1) is 12.4 Å². The number of hydrogen-bond acceptors (Lipinski definition) is 3. The fraction of sp³-hybridized carbons (Fsp3) is 0.909.